The maximum Gasteiger partial charge on any atom is 0.258 e. The highest BCUT2D eigenvalue weighted by Gasteiger charge is 2.30. The molecule has 3 nitrogen and oxygen atoms in total. The molecule has 0 atom stereocenters. The fourth-order valence-electron chi connectivity index (χ4n) is 1.09. The fraction of sp³-hybridized carbons (Fsp3) is 0.333. The molecule has 0 saturated heterocycles. The number of benzene rings is 1. The predicted molar refractivity (Wildman–Crippen MR) is 53.8 cm³/mol. The first-order valence-electron chi connectivity index (χ1n) is 4.31. The summed E-state index contributed by atoms with van der Waals surface area (Å²) in [6, 6.07) is 6.34. The first-order valence-corrected chi connectivity index (χ1v) is 6.13. The number of nitrogens with zero attached hydrogens (tertiary/aromatic N) is 1. The number of sulfonamides is 1. The maximum atomic E-state index is 11.7. The predicted octanol–water partition coefficient (Wildman–Crippen LogP) is 1.80. The SMILES string of the molecule is O=S(=O)([N]C1CC1)c1ccccc1Cl. The van der Waals surface area contributed by atoms with Gasteiger partial charge in [0.15, 0.2) is 0 Å². The van der Waals surface area contributed by atoms with E-state index in [0.29, 0.717) is 0 Å². The standard InChI is InChI=1S/C9H9ClNO2S/c10-8-3-1-2-4-9(8)14(12,13)11-7-5-6-7/h1-4,7H,5-6H2. The zero-order chi connectivity index (χ0) is 10.2. The molecule has 1 aliphatic carbocycles. The summed E-state index contributed by atoms with van der Waals surface area (Å²) in [5.74, 6) is 0. The van der Waals surface area contributed by atoms with Gasteiger partial charge in [0.05, 0.1) is 5.02 Å². The van der Waals surface area contributed by atoms with Gasteiger partial charge in [0.2, 0.25) is 0 Å². The Labute approximate surface area is 88.1 Å². The number of hydrogen-bond donors (Lipinski definition) is 0. The van der Waals surface area contributed by atoms with Crippen LogP contribution in [0.3, 0.4) is 0 Å². The summed E-state index contributed by atoms with van der Waals surface area (Å²) in [4.78, 5) is 0.105. The van der Waals surface area contributed by atoms with Gasteiger partial charge in [-0.25, -0.2) is 8.42 Å². The van der Waals surface area contributed by atoms with Crippen LogP contribution in [0.5, 0.6) is 0 Å². The molecule has 2 rings (SSSR count). The van der Waals surface area contributed by atoms with Crippen LogP contribution in [-0.2, 0) is 10.0 Å². The normalized spacial score (nSPS) is 16.9. The van der Waals surface area contributed by atoms with Crippen molar-refractivity contribution in [1.82, 2.24) is 4.72 Å². The molecular formula is C9H9ClNO2S. The highest BCUT2D eigenvalue weighted by atomic mass is 35.5. The molecule has 0 bridgehead atoms. The van der Waals surface area contributed by atoms with Crippen LogP contribution in [0, 0.1) is 0 Å². The van der Waals surface area contributed by atoms with E-state index in [1.807, 2.05) is 0 Å². The summed E-state index contributed by atoms with van der Waals surface area (Å²) >= 11 is 5.77. The summed E-state index contributed by atoms with van der Waals surface area (Å²) in [5.41, 5.74) is 0. The van der Waals surface area contributed by atoms with Crippen LogP contribution in [0.25, 0.3) is 0 Å². The van der Waals surface area contributed by atoms with Gasteiger partial charge in [-0.15, -0.1) is 4.72 Å². The van der Waals surface area contributed by atoms with E-state index in [1.54, 1.807) is 18.2 Å². The van der Waals surface area contributed by atoms with Crippen LogP contribution in [-0.4, -0.2) is 14.5 Å². The van der Waals surface area contributed by atoms with Gasteiger partial charge in [-0.3, -0.25) is 0 Å². The molecule has 1 aliphatic rings. The Bertz CT molecular complexity index is 440. The van der Waals surface area contributed by atoms with Crippen molar-refractivity contribution in [1.29, 1.82) is 0 Å². The van der Waals surface area contributed by atoms with Gasteiger partial charge in [-0.05, 0) is 25.0 Å². The van der Waals surface area contributed by atoms with Crippen LogP contribution in [0.15, 0.2) is 29.2 Å². The van der Waals surface area contributed by atoms with Crippen LogP contribution in [0.4, 0.5) is 0 Å². The molecule has 1 radical (unpaired) electrons. The molecule has 5 heteroatoms. The molecular weight excluding hydrogens is 222 g/mol. The molecule has 0 unspecified atom stereocenters. The quantitative estimate of drug-likeness (QED) is 0.795. The Morgan fingerprint density at radius 3 is 2.50 bits per heavy atom. The monoisotopic (exact) mass is 230 g/mol. The van der Waals surface area contributed by atoms with E-state index in [0.717, 1.165) is 12.8 Å². The van der Waals surface area contributed by atoms with E-state index in [-0.39, 0.29) is 16.0 Å². The molecule has 1 aromatic rings. The van der Waals surface area contributed by atoms with E-state index < -0.39 is 10.0 Å². The minimum absolute atomic E-state index is 0.0173. The van der Waals surface area contributed by atoms with Crippen molar-refractivity contribution >= 4 is 21.6 Å². The summed E-state index contributed by atoms with van der Waals surface area (Å²) in [7, 11) is -3.53. The van der Waals surface area contributed by atoms with Crippen molar-refractivity contribution in [3.63, 3.8) is 0 Å². The second-order valence-electron chi connectivity index (χ2n) is 3.24. The van der Waals surface area contributed by atoms with Gasteiger partial charge < -0.3 is 0 Å². The molecule has 0 N–H and O–H groups in total. The lowest BCUT2D eigenvalue weighted by atomic mass is 10.4. The minimum Gasteiger partial charge on any atom is -0.206 e. The first kappa shape index (κ1) is 9.96. The molecule has 1 saturated carbocycles. The zero-order valence-corrected chi connectivity index (χ0v) is 8.92. The molecule has 0 aromatic heterocycles. The Morgan fingerprint density at radius 2 is 1.93 bits per heavy atom. The molecule has 0 spiro atoms. The molecule has 1 fully saturated rings. The molecule has 0 aliphatic heterocycles. The average Bonchev–Trinajstić information content (AvgIpc) is 2.88. The van der Waals surface area contributed by atoms with Crippen molar-refractivity contribution < 1.29 is 8.42 Å². The molecule has 1 aromatic carbocycles. The van der Waals surface area contributed by atoms with E-state index >= 15 is 0 Å². The van der Waals surface area contributed by atoms with Crippen molar-refractivity contribution in [3.8, 4) is 0 Å². The second kappa shape index (κ2) is 3.53. The number of rotatable bonds is 3. The van der Waals surface area contributed by atoms with Crippen molar-refractivity contribution in [2.75, 3.05) is 0 Å². The summed E-state index contributed by atoms with van der Waals surface area (Å²) < 4.78 is 27.0. The van der Waals surface area contributed by atoms with Crippen LogP contribution >= 0.6 is 11.6 Å². The Morgan fingerprint density at radius 1 is 1.29 bits per heavy atom. The minimum atomic E-state index is -3.53. The smallest absolute Gasteiger partial charge is 0.206 e. The third-order valence-corrected chi connectivity index (χ3v) is 3.88. The fourth-order valence-corrected chi connectivity index (χ4v) is 2.80. The zero-order valence-electron chi connectivity index (χ0n) is 7.35. The highest BCUT2D eigenvalue weighted by molar-refractivity contribution is 7.89. The summed E-state index contributed by atoms with van der Waals surface area (Å²) in [6.45, 7) is 0. The lowest BCUT2D eigenvalue weighted by molar-refractivity contribution is 0.579. The first-order chi connectivity index (χ1) is 6.59. The molecule has 14 heavy (non-hydrogen) atoms. The molecule has 75 valence electrons. The van der Waals surface area contributed by atoms with Crippen molar-refractivity contribution in [2.24, 2.45) is 0 Å². The summed E-state index contributed by atoms with van der Waals surface area (Å²) in [6.07, 6.45) is 1.73. The van der Waals surface area contributed by atoms with Crippen LogP contribution in [0.2, 0.25) is 5.02 Å². The van der Waals surface area contributed by atoms with Gasteiger partial charge in [-0.2, -0.15) is 0 Å². The van der Waals surface area contributed by atoms with Gasteiger partial charge in [0.25, 0.3) is 10.0 Å². The largest absolute Gasteiger partial charge is 0.258 e. The second-order valence-corrected chi connectivity index (χ2v) is 5.25. The van der Waals surface area contributed by atoms with Gasteiger partial charge in [0, 0.05) is 6.04 Å². The van der Waals surface area contributed by atoms with E-state index in [2.05, 4.69) is 4.72 Å². The lowest BCUT2D eigenvalue weighted by Gasteiger charge is -2.04. The third kappa shape index (κ3) is 2.08. The lowest BCUT2D eigenvalue weighted by Crippen LogP contribution is -2.18. The van der Waals surface area contributed by atoms with Crippen LogP contribution < -0.4 is 4.72 Å². The van der Waals surface area contributed by atoms with Gasteiger partial charge in [-0.1, -0.05) is 23.7 Å². The Hall–Kier alpha value is -0.580. The highest BCUT2D eigenvalue weighted by Crippen LogP contribution is 2.26. The van der Waals surface area contributed by atoms with E-state index in [9.17, 15) is 8.42 Å². The Balaban J connectivity index is 2.33. The third-order valence-electron chi connectivity index (χ3n) is 1.95. The van der Waals surface area contributed by atoms with E-state index in [1.165, 1.54) is 6.07 Å². The van der Waals surface area contributed by atoms with Crippen molar-refractivity contribution in [3.05, 3.63) is 29.3 Å². The molecule has 0 amide bonds. The molecule has 0 heterocycles. The van der Waals surface area contributed by atoms with E-state index in [4.69, 9.17) is 11.6 Å². The number of halogens is 1. The Kier molecular flexibility index (Phi) is 2.51. The summed E-state index contributed by atoms with van der Waals surface area (Å²) in [5, 5.41) is 0.233. The van der Waals surface area contributed by atoms with Gasteiger partial charge in [0.1, 0.15) is 4.90 Å². The maximum absolute atomic E-state index is 11.7. The topological polar surface area (TPSA) is 48.2 Å². The van der Waals surface area contributed by atoms with Crippen LogP contribution in [0.1, 0.15) is 12.8 Å². The average molecular weight is 231 g/mol. The van der Waals surface area contributed by atoms with Crippen molar-refractivity contribution in [2.45, 2.75) is 23.8 Å². The number of hydrogen-bond acceptors (Lipinski definition) is 2. The van der Waals surface area contributed by atoms with Gasteiger partial charge >= 0.3 is 0 Å².